The number of aliphatic imine (C=N–C) groups is 1. The molecule has 0 aromatic carbocycles. The van der Waals surface area contributed by atoms with Crippen LogP contribution in [0.1, 0.15) is 13.3 Å². The van der Waals surface area contributed by atoms with Crippen LogP contribution in [-0.2, 0) is 9.59 Å². The SMILES string of the molecule is CNC(=O)[C@@H]([C@H](O)[C@H](C)CC1=NC(C(N)=O)CS1)N(C)C. The van der Waals surface area contributed by atoms with E-state index in [0.717, 1.165) is 5.04 Å². The minimum Gasteiger partial charge on any atom is -0.391 e. The second-order valence-corrected chi connectivity index (χ2v) is 6.54. The van der Waals surface area contributed by atoms with Gasteiger partial charge in [-0.1, -0.05) is 6.92 Å². The Labute approximate surface area is 129 Å². The Kier molecular flexibility index (Phi) is 6.63. The number of hydrogen-bond donors (Lipinski definition) is 3. The minimum absolute atomic E-state index is 0.160. The standard InChI is InChI=1S/C13H24N4O3S/c1-7(5-9-16-8(6-21-9)12(14)19)11(18)10(17(3)4)13(20)15-2/h7-8,10-11,18H,5-6H2,1-4H3,(H2,14,19)(H,15,20)/t7-,8?,10-,11-/m1/s1. The molecule has 7 nitrogen and oxygen atoms in total. The van der Waals surface area contributed by atoms with Crippen molar-refractivity contribution in [1.29, 1.82) is 0 Å². The Bertz CT molecular complexity index is 428. The minimum atomic E-state index is -0.823. The number of thioether (sulfide) groups is 1. The van der Waals surface area contributed by atoms with Gasteiger partial charge >= 0.3 is 0 Å². The lowest BCUT2D eigenvalue weighted by molar-refractivity contribution is -0.130. The van der Waals surface area contributed by atoms with Crippen LogP contribution in [0.5, 0.6) is 0 Å². The second kappa shape index (κ2) is 7.77. The first-order valence-electron chi connectivity index (χ1n) is 6.82. The first-order chi connectivity index (χ1) is 9.77. The lowest BCUT2D eigenvalue weighted by atomic mass is 9.94. The van der Waals surface area contributed by atoms with E-state index in [4.69, 9.17) is 5.73 Å². The topological polar surface area (TPSA) is 108 Å². The third-order valence-corrected chi connectivity index (χ3v) is 4.60. The molecule has 4 N–H and O–H groups in total. The molecular formula is C13H24N4O3S. The highest BCUT2D eigenvalue weighted by Crippen LogP contribution is 2.25. The molecule has 1 rings (SSSR count). The number of nitrogens with zero attached hydrogens (tertiary/aromatic N) is 2. The van der Waals surface area contributed by atoms with Crippen molar-refractivity contribution in [2.75, 3.05) is 26.9 Å². The fourth-order valence-electron chi connectivity index (χ4n) is 2.23. The number of aliphatic hydroxyl groups is 1. The van der Waals surface area contributed by atoms with Crippen LogP contribution in [0.2, 0.25) is 0 Å². The van der Waals surface area contributed by atoms with Gasteiger partial charge in [-0.15, -0.1) is 11.8 Å². The van der Waals surface area contributed by atoms with Gasteiger partial charge in [0.15, 0.2) is 0 Å². The number of hydrogen-bond acceptors (Lipinski definition) is 6. The van der Waals surface area contributed by atoms with E-state index in [-0.39, 0.29) is 11.8 Å². The molecule has 8 heteroatoms. The fourth-order valence-corrected chi connectivity index (χ4v) is 3.40. The zero-order chi connectivity index (χ0) is 16.2. The third-order valence-electron chi connectivity index (χ3n) is 3.51. The molecule has 0 aliphatic carbocycles. The van der Waals surface area contributed by atoms with Crippen LogP contribution in [0.15, 0.2) is 4.99 Å². The average Bonchev–Trinajstić information content (AvgIpc) is 2.86. The van der Waals surface area contributed by atoms with Crippen LogP contribution in [0.25, 0.3) is 0 Å². The summed E-state index contributed by atoms with van der Waals surface area (Å²) in [6, 6.07) is -1.10. The van der Waals surface area contributed by atoms with Gasteiger partial charge < -0.3 is 16.2 Å². The highest BCUT2D eigenvalue weighted by atomic mass is 32.2. The molecule has 1 aliphatic heterocycles. The van der Waals surface area contributed by atoms with Gasteiger partial charge in [-0.2, -0.15) is 0 Å². The number of likely N-dealkylation sites (N-methyl/N-ethyl adjacent to an activating group) is 2. The summed E-state index contributed by atoms with van der Waals surface area (Å²) in [5, 5.41) is 13.8. The van der Waals surface area contributed by atoms with Crippen molar-refractivity contribution in [3.8, 4) is 0 Å². The molecule has 1 unspecified atom stereocenters. The van der Waals surface area contributed by atoms with E-state index in [1.54, 1.807) is 26.0 Å². The van der Waals surface area contributed by atoms with Crippen LogP contribution in [-0.4, -0.2) is 71.9 Å². The van der Waals surface area contributed by atoms with Crippen molar-refractivity contribution >= 4 is 28.6 Å². The summed E-state index contributed by atoms with van der Waals surface area (Å²) in [7, 11) is 5.05. The molecule has 21 heavy (non-hydrogen) atoms. The maximum atomic E-state index is 11.9. The molecule has 0 saturated heterocycles. The van der Waals surface area contributed by atoms with Crippen LogP contribution >= 0.6 is 11.8 Å². The summed E-state index contributed by atoms with van der Waals surface area (Å²) in [6.07, 6.45) is -0.299. The van der Waals surface area contributed by atoms with Gasteiger partial charge in [-0.3, -0.25) is 19.5 Å². The Hall–Kier alpha value is -1.12. The van der Waals surface area contributed by atoms with Crippen molar-refractivity contribution < 1.29 is 14.7 Å². The summed E-state index contributed by atoms with van der Waals surface area (Å²) < 4.78 is 0. The number of carbonyl (C=O) groups excluding carboxylic acids is 2. The number of carbonyl (C=O) groups is 2. The Morgan fingerprint density at radius 2 is 2.19 bits per heavy atom. The van der Waals surface area contributed by atoms with Crippen LogP contribution in [0, 0.1) is 5.92 Å². The number of rotatable bonds is 7. The molecule has 1 heterocycles. The van der Waals surface area contributed by atoms with Crippen LogP contribution < -0.4 is 11.1 Å². The molecule has 0 saturated carbocycles. The zero-order valence-corrected chi connectivity index (χ0v) is 13.7. The summed E-state index contributed by atoms with van der Waals surface area (Å²) in [5.74, 6) is -0.259. The van der Waals surface area contributed by atoms with E-state index >= 15 is 0 Å². The van der Waals surface area contributed by atoms with Crippen molar-refractivity contribution in [3.05, 3.63) is 0 Å². The van der Waals surface area contributed by atoms with Gasteiger partial charge in [0.25, 0.3) is 0 Å². The molecule has 0 fully saturated rings. The summed E-state index contributed by atoms with van der Waals surface area (Å²) in [4.78, 5) is 28.9. The first kappa shape index (κ1) is 17.9. The highest BCUT2D eigenvalue weighted by Gasteiger charge is 2.33. The fraction of sp³-hybridized carbons (Fsp3) is 0.769. The average molecular weight is 316 g/mol. The smallest absolute Gasteiger partial charge is 0.243 e. The van der Waals surface area contributed by atoms with E-state index in [0.29, 0.717) is 12.2 Å². The predicted octanol–water partition coefficient (Wildman–Crippen LogP) is -0.951. The van der Waals surface area contributed by atoms with E-state index in [2.05, 4.69) is 10.3 Å². The van der Waals surface area contributed by atoms with Crippen molar-refractivity contribution in [2.45, 2.75) is 31.5 Å². The van der Waals surface area contributed by atoms with E-state index in [1.807, 2.05) is 6.92 Å². The molecule has 0 aromatic heterocycles. The molecular weight excluding hydrogens is 292 g/mol. The van der Waals surface area contributed by atoms with Gasteiger partial charge in [-0.05, 0) is 20.0 Å². The molecule has 0 bridgehead atoms. The van der Waals surface area contributed by atoms with E-state index < -0.39 is 24.1 Å². The molecule has 0 radical (unpaired) electrons. The lowest BCUT2D eigenvalue weighted by Crippen LogP contribution is -2.52. The molecule has 4 atom stereocenters. The predicted molar refractivity (Wildman–Crippen MR) is 84.2 cm³/mol. The quantitative estimate of drug-likeness (QED) is 0.561. The molecule has 1 aliphatic rings. The zero-order valence-electron chi connectivity index (χ0n) is 12.9. The van der Waals surface area contributed by atoms with Gasteiger partial charge in [0.05, 0.1) is 11.1 Å². The maximum Gasteiger partial charge on any atom is 0.243 e. The Morgan fingerprint density at radius 3 is 2.62 bits per heavy atom. The van der Waals surface area contributed by atoms with Gasteiger partial charge in [0.2, 0.25) is 11.8 Å². The van der Waals surface area contributed by atoms with Crippen molar-refractivity contribution in [3.63, 3.8) is 0 Å². The summed E-state index contributed by atoms with van der Waals surface area (Å²) in [6.45, 7) is 1.87. The lowest BCUT2D eigenvalue weighted by Gasteiger charge is -2.31. The number of nitrogens with one attached hydrogen (secondary N) is 1. The number of aliphatic hydroxyl groups excluding tert-OH is 1. The van der Waals surface area contributed by atoms with E-state index in [9.17, 15) is 14.7 Å². The van der Waals surface area contributed by atoms with Crippen LogP contribution in [0.4, 0.5) is 0 Å². The second-order valence-electron chi connectivity index (χ2n) is 5.45. The third kappa shape index (κ3) is 4.69. The largest absolute Gasteiger partial charge is 0.391 e. The molecule has 2 amide bonds. The van der Waals surface area contributed by atoms with Gasteiger partial charge in [-0.25, -0.2) is 0 Å². The number of amides is 2. The van der Waals surface area contributed by atoms with Gasteiger partial charge in [0.1, 0.15) is 12.1 Å². The Morgan fingerprint density at radius 1 is 1.57 bits per heavy atom. The molecule has 120 valence electrons. The maximum absolute atomic E-state index is 11.9. The van der Waals surface area contributed by atoms with Crippen molar-refractivity contribution in [2.24, 2.45) is 16.6 Å². The first-order valence-corrected chi connectivity index (χ1v) is 7.81. The Balaban J connectivity index is 2.69. The number of primary amides is 1. The van der Waals surface area contributed by atoms with E-state index in [1.165, 1.54) is 11.8 Å². The number of nitrogens with two attached hydrogens (primary N) is 1. The normalized spacial score (nSPS) is 22.6. The van der Waals surface area contributed by atoms with Crippen LogP contribution in [0.3, 0.4) is 0 Å². The summed E-state index contributed by atoms with van der Waals surface area (Å²) in [5.41, 5.74) is 5.23. The summed E-state index contributed by atoms with van der Waals surface area (Å²) >= 11 is 1.48. The highest BCUT2D eigenvalue weighted by molar-refractivity contribution is 8.14. The monoisotopic (exact) mass is 316 g/mol. The molecule has 0 spiro atoms. The molecule has 0 aromatic rings. The van der Waals surface area contributed by atoms with Gasteiger partial charge in [0, 0.05) is 19.2 Å². The van der Waals surface area contributed by atoms with Crippen molar-refractivity contribution in [1.82, 2.24) is 10.2 Å².